The van der Waals surface area contributed by atoms with E-state index in [1.165, 1.54) is 25.7 Å². The minimum absolute atomic E-state index is 0.657. The van der Waals surface area contributed by atoms with Gasteiger partial charge in [-0.3, -0.25) is 0 Å². The second kappa shape index (κ2) is 13.6. The Morgan fingerprint density at radius 2 is 1.11 bits per heavy atom. The molecule has 0 aromatic heterocycles. The molecule has 0 saturated heterocycles. The average molecular weight is 383 g/mol. The third-order valence-electron chi connectivity index (χ3n) is 3.13. The normalized spacial score (nSPS) is 12.0. The second-order valence-corrected chi connectivity index (χ2v) is 14.5. The first kappa shape index (κ1) is 19.6. The van der Waals surface area contributed by atoms with Gasteiger partial charge >= 0.3 is 124 Å². The van der Waals surface area contributed by atoms with Crippen molar-refractivity contribution < 1.29 is 15.6 Å². The van der Waals surface area contributed by atoms with E-state index in [4.69, 9.17) is 15.6 Å². The van der Waals surface area contributed by atoms with Crippen LogP contribution < -0.4 is 0 Å². The van der Waals surface area contributed by atoms with Crippen LogP contribution in [0.15, 0.2) is 0 Å². The molecule has 116 valence electrons. The quantitative estimate of drug-likeness (QED) is 0.341. The summed E-state index contributed by atoms with van der Waals surface area (Å²) in [7, 11) is 3.43. The van der Waals surface area contributed by atoms with Gasteiger partial charge in [-0.25, -0.2) is 0 Å². The Bertz CT molecular complexity index is 170. The second-order valence-electron chi connectivity index (χ2n) is 4.80. The molecule has 0 bridgehead atoms. The molecule has 0 heterocycles. The molecular formula is C14H32O4Sn. The van der Waals surface area contributed by atoms with Crippen molar-refractivity contribution in [2.24, 2.45) is 0 Å². The van der Waals surface area contributed by atoms with Gasteiger partial charge in [-0.1, -0.05) is 0 Å². The fourth-order valence-corrected chi connectivity index (χ4v) is 12.3. The molecule has 0 radical (unpaired) electrons. The molecule has 0 aliphatic rings. The van der Waals surface area contributed by atoms with Crippen molar-refractivity contribution in [3.63, 3.8) is 0 Å². The van der Waals surface area contributed by atoms with E-state index in [2.05, 4.69) is 13.8 Å². The molecule has 4 nitrogen and oxygen atoms in total. The zero-order valence-electron chi connectivity index (χ0n) is 13.2. The van der Waals surface area contributed by atoms with Crippen LogP contribution in [-0.2, 0) is 15.6 Å². The van der Waals surface area contributed by atoms with Gasteiger partial charge in [-0.2, -0.15) is 0 Å². The summed E-state index contributed by atoms with van der Waals surface area (Å²) in [6.07, 6.45) is 4.82. The Balaban J connectivity index is 4.44. The zero-order chi connectivity index (χ0) is 14.4. The summed E-state index contributed by atoms with van der Waals surface area (Å²) < 4.78 is 25.0. The zero-order valence-corrected chi connectivity index (χ0v) is 16.1. The van der Waals surface area contributed by atoms with Crippen LogP contribution in [-0.4, -0.2) is 59.9 Å². The maximum atomic E-state index is 6.23. The van der Waals surface area contributed by atoms with Crippen molar-refractivity contribution in [1.82, 2.24) is 0 Å². The molecule has 0 spiro atoms. The van der Waals surface area contributed by atoms with Gasteiger partial charge < -0.3 is 0 Å². The third-order valence-corrected chi connectivity index (χ3v) is 13.7. The minimum atomic E-state index is -2.90. The topological polar surface area (TPSA) is 36.9 Å². The van der Waals surface area contributed by atoms with Gasteiger partial charge in [0.2, 0.25) is 0 Å². The summed E-state index contributed by atoms with van der Waals surface area (Å²) in [6, 6.07) is 0. The molecule has 0 N–H and O–H groups in total. The number of hydrogen-bond acceptors (Lipinski definition) is 4. The molecule has 0 aliphatic heterocycles. The Hall–Kier alpha value is 0.639. The van der Waals surface area contributed by atoms with E-state index in [1.807, 2.05) is 0 Å². The van der Waals surface area contributed by atoms with Gasteiger partial charge in [0.25, 0.3) is 0 Å². The number of hydrogen-bond donors (Lipinski definition) is 0. The van der Waals surface area contributed by atoms with Crippen LogP contribution in [0.5, 0.6) is 0 Å². The number of unbranched alkanes of at least 4 members (excludes halogenated alkanes) is 2. The first-order valence-corrected chi connectivity index (χ1v) is 13.9. The molecule has 5 heteroatoms. The van der Waals surface area contributed by atoms with Crippen LogP contribution in [0, 0.1) is 0 Å². The number of methoxy groups -OCH3 is 2. The Kier molecular flexibility index (Phi) is 14.1. The molecule has 0 aliphatic carbocycles. The van der Waals surface area contributed by atoms with E-state index in [9.17, 15) is 0 Å². The molecule has 0 rings (SSSR count). The first-order valence-electron chi connectivity index (χ1n) is 7.50. The number of ether oxygens (including phenoxy) is 2. The standard InChI is InChI=1S/2C4H9.2C3H7O2.Sn/c2*1-3-4-2;2*1-5-3-2-4;/h2*1,3-4H2,2H3;2*2-3H2,1H3;/q;;2*-1;+2. The fourth-order valence-electron chi connectivity index (χ4n) is 1.97. The molecule has 0 aromatic rings. The SMILES string of the molecule is CCC[CH2][Sn]([CH2]CCC)([O]CCOC)[O]CCOC. The fraction of sp³-hybridized carbons (Fsp3) is 1.00. The van der Waals surface area contributed by atoms with E-state index >= 15 is 0 Å². The van der Waals surface area contributed by atoms with E-state index in [0.29, 0.717) is 26.4 Å². The van der Waals surface area contributed by atoms with E-state index in [0.717, 1.165) is 8.87 Å². The first-order chi connectivity index (χ1) is 9.24. The van der Waals surface area contributed by atoms with Crippen LogP contribution in [0.4, 0.5) is 0 Å². The van der Waals surface area contributed by atoms with Crippen molar-refractivity contribution in [2.75, 3.05) is 40.6 Å². The summed E-state index contributed by atoms with van der Waals surface area (Å²) in [5.41, 5.74) is 0. The number of rotatable bonds is 14. The molecule has 0 atom stereocenters. The molecule has 0 saturated carbocycles. The summed E-state index contributed by atoms with van der Waals surface area (Å²) in [5, 5.41) is 0. The molecule has 0 fully saturated rings. The van der Waals surface area contributed by atoms with Crippen LogP contribution in [0.3, 0.4) is 0 Å². The van der Waals surface area contributed by atoms with Gasteiger partial charge in [0.1, 0.15) is 0 Å². The predicted molar refractivity (Wildman–Crippen MR) is 80.8 cm³/mol. The van der Waals surface area contributed by atoms with Crippen LogP contribution >= 0.6 is 0 Å². The van der Waals surface area contributed by atoms with Crippen LogP contribution in [0.2, 0.25) is 8.87 Å². The van der Waals surface area contributed by atoms with E-state index in [1.54, 1.807) is 14.2 Å². The van der Waals surface area contributed by atoms with Gasteiger partial charge in [0, 0.05) is 0 Å². The van der Waals surface area contributed by atoms with E-state index < -0.39 is 19.2 Å². The average Bonchev–Trinajstić information content (AvgIpc) is 2.43. The molecule has 19 heavy (non-hydrogen) atoms. The summed E-state index contributed by atoms with van der Waals surface area (Å²) in [5.74, 6) is 0. The Labute approximate surface area is 124 Å². The van der Waals surface area contributed by atoms with Crippen LogP contribution in [0.1, 0.15) is 39.5 Å². The van der Waals surface area contributed by atoms with E-state index in [-0.39, 0.29) is 0 Å². The predicted octanol–water partition coefficient (Wildman–Crippen LogP) is 3.35. The van der Waals surface area contributed by atoms with Crippen molar-refractivity contribution in [1.29, 1.82) is 0 Å². The Morgan fingerprint density at radius 1 is 0.684 bits per heavy atom. The summed E-state index contributed by atoms with van der Waals surface area (Å²) in [6.45, 7) is 7.11. The van der Waals surface area contributed by atoms with Gasteiger partial charge in [-0.05, 0) is 0 Å². The molecule has 0 amide bonds. The molecule has 0 unspecified atom stereocenters. The summed E-state index contributed by atoms with van der Waals surface area (Å²) >= 11 is -2.90. The maximum absolute atomic E-state index is 6.23. The van der Waals surface area contributed by atoms with Crippen molar-refractivity contribution in [3.8, 4) is 0 Å². The van der Waals surface area contributed by atoms with Crippen LogP contribution in [0.25, 0.3) is 0 Å². The van der Waals surface area contributed by atoms with Crippen molar-refractivity contribution in [2.45, 2.75) is 48.4 Å². The third kappa shape index (κ3) is 10.1. The van der Waals surface area contributed by atoms with Gasteiger partial charge in [0.05, 0.1) is 0 Å². The molecular weight excluding hydrogens is 351 g/mol. The van der Waals surface area contributed by atoms with Gasteiger partial charge in [-0.15, -0.1) is 0 Å². The summed E-state index contributed by atoms with van der Waals surface area (Å²) in [4.78, 5) is 0. The van der Waals surface area contributed by atoms with Crippen molar-refractivity contribution in [3.05, 3.63) is 0 Å². The Morgan fingerprint density at radius 3 is 1.42 bits per heavy atom. The monoisotopic (exact) mass is 384 g/mol. The van der Waals surface area contributed by atoms with Gasteiger partial charge in [0.15, 0.2) is 0 Å². The molecule has 0 aromatic carbocycles. The van der Waals surface area contributed by atoms with Crippen molar-refractivity contribution >= 4 is 19.2 Å².